The number of benzene rings is 3. The minimum Gasteiger partial charge on any atom is -0.489 e. The van der Waals surface area contributed by atoms with E-state index >= 15 is 0 Å². The molecule has 0 bridgehead atoms. The van der Waals surface area contributed by atoms with E-state index in [1.807, 2.05) is 73.6 Å². The van der Waals surface area contributed by atoms with Gasteiger partial charge in [0.05, 0.1) is 17.0 Å². The van der Waals surface area contributed by atoms with Crippen LogP contribution in [0, 0.1) is 0 Å². The van der Waals surface area contributed by atoms with Crippen LogP contribution in [-0.4, -0.2) is 42.9 Å². The average molecular weight is 489 g/mol. The number of amides is 1. The molecule has 1 aliphatic rings. The highest BCUT2D eigenvalue weighted by Gasteiger charge is 2.42. The Morgan fingerprint density at radius 3 is 2.46 bits per heavy atom. The molecule has 0 saturated carbocycles. The van der Waals surface area contributed by atoms with Crippen LogP contribution in [0.15, 0.2) is 82.0 Å². The predicted octanol–water partition coefficient (Wildman–Crippen LogP) is 5.13. The number of ether oxygens (including phenoxy) is 1. The summed E-state index contributed by atoms with van der Waals surface area (Å²) in [5.74, 6) is 0.516. The molecular formula is C28H25ClN2O4. The number of hydrogen-bond donors (Lipinski definition) is 0. The van der Waals surface area contributed by atoms with Crippen LogP contribution in [0.5, 0.6) is 5.75 Å². The Labute approximate surface area is 208 Å². The highest BCUT2D eigenvalue weighted by atomic mass is 35.5. The Kier molecular flexibility index (Phi) is 6.32. The molecule has 178 valence electrons. The summed E-state index contributed by atoms with van der Waals surface area (Å²) in [4.78, 5) is 30.7. The highest BCUT2D eigenvalue weighted by Crippen LogP contribution is 2.38. The van der Waals surface area contributed by atoms with Gasteiger partial charge in [-0.1, -0.05) is 54.1 Å². The van der Waals surface area contributed by atoms with Gasteiger partial charge in [-0.05, 0) is 55.6 Å². The number of nitrogens with zero attached hydrogens (tertiary/aromatic N) is 2. The van der Waals surface area contributed by atoms with Gasteiger partial charge in [-0.2, -0.15) is 0 Å². The Balaban J connectivity index is 1.52. The van der Waals surface area contributed by atoms with Crippen LogP contribution in [-0.2, 0) is 6.61 Å². The first-order valence-corrected chi connectivity index (χ1v) is 11.8. The summed E-state index contributed by atoms with van der Waals surface area (Å²) in [5.41, 5.74) is 2.35. The second-order valence-corrected chi connectivity index (χ2v) is 9.30. The molecule has 2 heterocycles. The summed E-state index contributed by atoms with van der Waals surface area (Å²) in [6.45, 7) is 1.55. The molecule has 0 radical (unpaired) electrons. The lowest BCUT2D eigenvalue weighted by atomic mass is 9.98. The molecule has 6 nitrogen and oxygen atoms in total. The fourth-order valence-electron chi connectivity index (χ4n) is 4.36. The summed E-state index contributed by atoms with van der Waals surface area (Å²) in [7, 11) is 3.89. The van der Waals surface area contributed by atoms with Gasteiger partial charge in [0, 0.05) is 18.1 Å². The second-order valence-electron chi connectivity index (χ2n) is 8.86. The lowest BCUT2D eigenvalue weighted by Gasteiger charge is -2.26. The highest BCUT2D eigenvalue weighted by molar-refractivity contribution is 6.31. The van der Waals surface area contributed by atoms with Crippen LogP contribution >= 0.6 is 11.6 Å². The maximum absolute atomic E-state index is 13.6. The van der Waals surface area contributed by atoms with Crippen LogP contribution in [0.2, 0.25) is 5.02 Å². The van der Waals surface area contributed by atoms with Crippen LogP contribution in [0.3, 0.4) is 0 Å². The molecule has 0 unspecified atom stereocenters. The van der Waals surface area contributed by atoms with Crippen LogP contribution in [0.1, 0.15) is 33.3 Å². The van der Waals surface area contributed by atoms with Crippen LogP contribution in [0.25, 0.3) is 11.0 Å². The van der Waals surface area contributed by atoms with Gasteiger partial charge >= 0.3 is 0 Å². The summed E-state index contributed by atoms with van der Waals surface area (Å²) < 4.78 is 11.9. The molecule has 5 rings (SSSR count). The van der Waals surface area contributed by atoms with Crippen molar-refractivity contribution < 1.29 is 13.9 Å². The third-order valence-corrected chi connectivity index (χ3v) is 6.40. The maximum Gasteiger partial charge on any atom is 0.290 e. The van der Waals surface area contributed by atoms with Crippen molar-refractivity contribution in [1.82, 2.24) is 9.80 Å². The van der Waals surface area contributed by atoms with Crippen LogP contribution in [0.4, 0.5) is 0 Å². The number of likely N-dealkylation sites (N-methyl/N-ethyl adjacent to an activating group) is 1. The van der Waals surface area contributed by atoms with Crippen molar-refractivity contribution in [2.24, 2.45) is 0 Å². The van der Waals surface area contributed by atoms with Crippen molar-refractivity contribution >= 4 is 28.5 Å². The first-order chi connectivity index (χ1) is 16.9. The third kappa shape index (κ3) is 4.55. The number of carbonyl (C=O) groups is 1. The third-order valence-electron chi connectivity index (χ3n) is 6.16. The van der Waals surface area contributed by atoms with Crippen molar-refractivity contribution in [3.8, 4) is 5.75 Å². The van der Waals surface area contributed by atoms with Crippen molar-refractivity contribution in [1.29, 1.82) is 0 Å². The van der Waals surface area contributed by atoms with Gasteiger partial charge in [0.1, 0.15) is 17.9 Å². The topological polar surface area (TPSA) is 63.0 Å². The van der Waals surface area contributed by atoms with Crippen LogP contribution < -0.4 is 10.2 Å². The monoisotopic (exact) mass is 488 g/mol. The summed E-state index contributed by atoms with van der Waals surface area (Å²) in [6.07, 6.45) is 0. The maximum atomic E-state index is 13.6. The average Bonchev–Trinajstić information content (AvgIpc) is 3.14. The van der Waals surface area contributed by atoms with E-state index in [4.69, 9.17) is 20.8 Å². The lowest BCUT2D eigenvalue weighted by Crippen LogP contribution is -2.35. The fraction of sp³-hybridized carbons (Fsp3) is 0.214. The van der Waals surface area contributed by atoms with Crippen molar-refractivity contribution in [2.75, 3.05) is 27.2 Å². The number of hydrogen-bond acceptors (Lipinski definition) is 5. The molecule has 0 fully saturated rings. The molecule has 1 aliphatic heterocycles. The molecule has 35 heavy (non-hydrogen) atoms. The number of fused-ring (bicyclic) bond motifs is 2. The summed E-state index contributed by atoms with van der Waals surface area (Å²) >= 11 is 6.15. The quantitative estimate of drug-likeness (QED) is 0.361. The molecule has 0 N–H and O–H groups in total. The molecule has 4 aromatic rings. The minimum atomic E-state index is -0.555. The fourth-order valence-corrected chi connectivity index (χ4v) is 4.54. The van der Waals surface area contributed by atoms with Gasteiger partial charge in [0.25, 0.3) is 5.91 Å². The molecule has 3 aromatic carbocycles. The molecule has 1 aromatic heterocycles. The van der Waals surface area contributed by atoms with Gasteiger partial charge < -0.3 is 19.0 Å². The van der Waals surface area contributed by atoms with E-state index in [-0.39, 0.29) is 17.1 Å². The minimum absolute atomic E-state index is 0.0954. The Hall–Kier alpha value is -3.61. The molecule has 1 atom stereocenters. The largest absolute Gasteiger partial charge is 0.489 e. The zero-order valence-electron chi connectivity index (χ0n) is 19.5. The van der Waals surface area contributed by atoms with Crippen molar-refractivity contribution in [3.63, 3.8) is 0 Å². The van der Waals surface area contributed by atoms with Gasteiger partial charge in [-0.25, -0.2) is 0 Å². The van der Waals surface area contributed by atoms with Gasteiger partial charge in [-0.15, -0.1) is 0 Å². The molecule has 1 amide bonds. The molecular weight excluding hydrogens is 464 g/mol. The summed E-state index contributed by atoms with van der Waals surface area (Å²) in [5, 5.41) is 0.807. The number of carbonyl (C=O) groups excluding carboxylic acids is 1. The number of halogens is 1. The first-order valence-electron chi connectivity index (χ1n) is 11.4. The van der Waals surface area contributed by atoms with Crippen molar-refractivity contribution in [2.45, 2.75) is 12.6 Å². The summed E-state index contributed by atoms with van der Waals surface area (Å²) in [6, 6.07) is 21.8. The van der Waals surface area contributed by atoms with E-state index in [1.54, 1.807) is 23.1 Å². The lowest BCUT2D eigenvalue weighted by molar-refractivity contribution is 0.0716. The standard InChI is InChI=1S/C28H25ClN2O4/c1-30(2)14-15-31-25(19-8-11-21(12-9-19)34-17-18-6-4-3-5-7-18)24-26(32)22-16-20(29)10-13-23(22)35-27(24)28(31)33/h3-13,16,25H,14-15,17H2,1-2H3/t25-/m1/s1. The van der Waals surface area contributed by atoms with E-state index in [2.05, 4.69) is 0 Å². The van der Waals surface area contributed by atoms with E-state index in [1.165, 1.54) is 0 Å². The Morgan fingerprint density at radius 2 is 1.74 bits per heavy atom. The van der Waals surface area contributed by atoms with Gasteiger partial charge in [0.2, 0.25) is 5.76 Å². The SMILES string of the molecule is CN(C)CCN1C(=O)c2oc3ccc(Cl)cc3c(=O)c2[C@H]1c1ccc(OCc2ccccc2)cc1. The number of rotatable bonds is 7. The normalized spacial score (nSPS) is 15.1. The van der Waals surface area contributed by atoms with E-state index < -0.39 is 6.04 Å². The second kappa shape index (κ2) is 9.56. The van der Waals surface area contributed by atoms with Crippen molar-refractivity contribution in [3.05, 3.63) is 110 Å². The van der Waals surface area contributed by atoms with E-state index in [0.29, 0.717) is 47.0 Å². The molecule has 0 aliphatic carbocycles. The predicted molar refractivity (Wildman–Crippen MR) is 136 cm³/mol. The molecule has 0 saturated heterocycles. The van der Waals surface area contributed by atoms with E-state index in [0.717, 1.165) is 11.1 Å². The first kappa shape index (κ1) is 23.1. The zero-order valence-corrected chi connectivity index (χ0v) is 20.3. The smallest absolute Gasteiger partial charge is 0.290 e. The molecule has 7 heteroatoms. The Morgan fingerprint density at radius 1 is 1.00 bits per heavy atom. The molecule has 0 spiro atoms. The van der Waals surface area contributed by atoms with Gasteiger partial charge in [0.15, 0.2) is 5.43 Å². The van der Waals surface area contributed by atoms with E-state index in [9.17, 15) is 9.59 Å². The van der Waals surface area contributed by atoms with Gasteiger partial charge in [-0.3, -0.25) is 9.59 Å². The zero-order chi connectivity index (χ0) is 24.5. The Bertz CT molecular complexity index is 1430.